The first kappa shape index (κ1) is 16.4. The summed E-state index contributed by atoms with van der Waals surface area (Å²) < 4.78 is 0. The molecule has 1 aliphatic rings. The third-order valence-corrected chi connectivity index (χ3v) is 4.58. The fraction of sp³-hybridized carbons (Fsp3) is 0.733. The van der Waals surface area contributed by atoms with E-state index < -0.39 is 0 Å². The van der Waals surface area contributed by atoms with E-state index in [4.69, 9.17) is 0 Å². The topological polar surface area (TPSA) is 44.3 Å². The van der Waals surface area contributed by atoms with Crippen LogP contribution in [0, 0.1) is 0 Å². The second-order valence-electron chi connectivity index (χ2n) is 5.67. The Hall–Kier alpha value is -1.01. The molecule has 0 atom stereocenters. The van der Waals surface area contributed by atoms with E-state index in [1.54, 1.807) is 11.8 Å². The molecule has 0 aliphatic carbocycles. The predicted octanol–water partition coefficient (Wildman–Crippen LogP) is 2.55. The van der Waals surface area contributed by atoms with E-state index in [1.165, 1.54) is 12.8 Å². The molecule has 0 saturated carbocycles. The highest BCUT2D eigenvalue weighted by molar-refractivity contribution is 7.98. The van der Waals surface area contributed by atoms with Crippen molar-refractivity contribution < 1.29 is 0 Å². The van der Waals surface area contributed by atoms with Crippen molar-refractivity contribution in [2.45, 2.75) is 37.4 Å². The maximum atomic E-state index is 4.68. The first-order valence-electron chi connectivity index (χ1n) is 7.72. The molecule has 1 saturated heterocycles. The van der Waals surface area contributed by atoms with Crippen LogP contribution in [0.1, 0.15) is 26.2 Å². The van der Waals surface area contributed by atoms with E-state index in [1.807, 2.05) is 6.26 Å². The molecule has 1 aromatic heterocycles. The average Bonchev–Trinajstić information content (AvgIpc) is 2.52. The van der Waals surface area contributed by atoms with Gasteiger partial charge in [0.2, 0.25) is 0 Å². The molecular weight excluding hydrogens is 282 g/mol. The lowest BCUT2D eigenvalue weighted by Gasteiger charge is -2.35. The Balaban J connectivity index is 2.13. The van der Waals surface area contributed by atoms with Gasteiger partial charge in [-0.3, -0.25) is 0 Å². The zero-order valence-corrected chi connectivity index (χ0v) is 14.4. The summed E-state index contributed by atoms with van der Waals surface area (Å²) >= 11 is 1.60. The van der Waals surface area contributed by atoms with E-state index in [9.17, 15) is 0 Å². The maximum absolute atomic E-state index is 4.68. The Morgan fingerprint density at radius 3 is 2.71 bits per heavy atom. The Morgan fingerprint density at radius 2 is 2.10 bits per heavy atom. The number of nitrogens with zero attached hydrogens (tertiary/aromatic N) is 4. The number of anilines is 2. The van der Waals surface area contributed by atoms with Crippen LogP contribution in [-0.4, -0.2) is 60.9 Å². The van der Waals surface area contributed by atoms with Gasteiger partial charge in [-0.1, -0.05) is 18.7 Å². The van der Waals surface area contributed by atoms with Gasteiger partial charge in [0.25, 0.3) is 0 Å². The number of thioether (sulfide) groups is 1. The molecule has 5 nitrogen and oxygen atoms in total. The average molecular weight is 309 g/mol. The van der Waals surface area contributed by atoms with Crippen molar-refractivity contribution in [3.63, 3.8) is 0 Å². The Bertz CT molecular complexity index is 446. The predicted molar refractivity (Wildman–Crippen MR) is 91.5 cm³/mol. The Kier molecular flexibility index (Phi) is 6.11. The first-order valence-corrected chi connectivity index (χ1v) is 8.94. The van der Waals surface area contributed by atoms with E-state index in [0.29, 0.717) is 6.04 Å². The smallest absolute Gasteiger partial charge is 0.191 e. The van der Waals surface area contributed by atoms with Crippen LogP contribution < -0.4 is 10.2 Å². The second kappa shape index (κ2) is 7.84. The van der Waals surface area contributed by atoms with E-state index >= 15 is 0 Å². The molecule has 1 aromatic rings. The summed E-state index contributed by atoms with van der Waals surface area (Å²) in [7, 11) is 4.35. The van der Waals surface area contributed by atoms with E-state index in [-0.39, 0.29) is 0 Å². The highest BCUT2D eigenvalue weighted by Crippen LogP contribution is 2.24. The van der Waals surface area contributed by atoms with Crippen molar-refractivity contribution in [1.82, 2.24) is 14.9 Å². The molecule has 0 spiro atoms. The zero-order valence-electron chi connectivity index (χ0n) is 13.6. The molecule has 0 unspecified atom stereocenters. The maximum Gasteiger partial charge on any atom is 0.191 e. The molecule has 6 heteroatoms. The summed E-state index contributed by atoms with van der Waals surface area (Å²) in [6.45, 7) is 5.43. The molecule has 118 valence electrons. The summed E-state index contributed by atoms with van der Waals surface area (Å²) in [6.07, 6.45) is 5.52. The molecule has 21 heavy (non-hydrogen) atoms. The van der Waals surface area contributed by atoms with Gasteiger partial charge in [-0.05, 0) is 45.7 Å². The van der Waals surface area contributed by atoms with Gasteiger partial charge in [0.05, 0.1) is 0 Å². The van der Waals surface area contributed by atoms with E-state index in [2.05, 4.69) is 52.2 Å². The summed E-state index contributed by atoms with van der Waals surface area (Å²) in [5.74, 6) is 1.97. The van der Waals surface area contributed by atoms with Gasteiger partial charge >= 0.3 is 0 Å². The van der Waals surface area contributed by atoms with Crippen LogP contribution in [0.15, 0.2) is 11.2 Å². The molecule has 0 bridgehead atoms. The molecule has 1 aliphatic heterocycles. The fourth-order valence-corrected chi connectivity index (χ4v) is 2.97. The van der Waals surface area contributed by atoms with Crippen LogP contribution in [0.4, 0.5) is 11.6 Å². The minimum absolute atomic E-state index is 0.574. The van der Waals surface area contributed by atoms with Crippen molar-refractivity contribution in [3.8, 4) is 0 Å². The van der Waals surface area contributed by atoms with Crippen LogP contribution >= 0.6 is 11.8 Å². The van der Waals surface area contributed by atoms with Crippen LogP contribution in [-0.2, 0) is 0 Å². The van der Waals surface area contributed by atoms with Crippen molar-refractivity contribution >= 4 is 23.4 Å². The lowest BCUT2D eigenvalue weighted by Crippen LogP contribution is -2.42. The summed E-state index contributed by atoms with van der Waals surface area (Å²) in [6, 6.07) is 2.65. The van der Waals surface area contributed by atoms with Crippen molar-refractivity contribution in [2.75, 3.05) is 50.2 Å². The Labute approximate surface area is 132 Å². The number of piperidine rings is 1. The molecular formula is C15H27N5S. The largest absolute Gasteiger partial charge is 0.370 e. The number of likely N-dealkylation sites (tertiary alicyclic amines) is 1. The molecule has 0 amide bonds. The highest BCUT2D eigenvalue weighted by Gasteiger charge is 2.22. The van der Waals surface area contributed by atoms with Crippen molar-refractivity contribution in [1.29, 1.82) is 0 Å². The molecule has 0 radical (unpaired) electrons. The van der Waals surface area contributed by atoms with Crippen LogP contribution in [0.2, 0.25) is 0 Å². The first-order chi connectivity index (χ1) is 10.1. The van der Waals surface area contributed by atoms with Crippen molar-refractivity contribution in [2.24, 2.45) is 0 Å². The van der Waals surface area contributed by atoms with Gasteiger partial charge < -0.3 is 15.1 Å². The second-order valence-corrected chi connectivity index (χ2v) is 6.44. The quantitative estimate of drug-likeness (QED) is 0.643. The van der Waals surface area contributed by atoms with Crippen LogP contribution in [0.5, 0.6) is 0 Å². The monoisotopic (exact) mass is 309 g/mol. The standard InChI is InChI=1S/C15H27N5S/c1-5-8-16-13-11-14(18-15(17-13)21-4)20(3)12-6-9-19(2)10-7-12/h11-12H,5-10H2,1-4H3,(H,16,17,18). The third-order valence-electron chi connectivity index (χ3n) is 4.03. The van der Waals surface area contributed by atoms with Gasteiger partial charge in [-0.25, -0.2) is 9.97 Å². The fourth-order valence-electron chi connectivity index (χ4n) is 2.60. The van der Waals surface area contributed by atoms with E-state index in [0.717, 1.165) is 42.8 Å². The van der Waals surface area contributed by atoms with Gasteiger partial charge in [0.15, 0.2) is 5.16 Å². The van der Waals surface area contributed by atoms with Crippen LogP contribution in [0.3, 0.4) is 0 Å². The molecule has 2 rings (SSSR count). The number of hydrogen-bond donors (Lipinski definition) is 1. The Morgan fingerprint density at radius 1 is 1.38 bits per heavy atom. The zero-order chi connectivity index (χ0) is 15.2. The van der Waals surface area contributed by atoms with Gasteiger partial charge in [-0.2, -0.15) is 0 Å². The van der Waals surface area contributed by atoms with Gasteiger partial charge in [-0.15, -0.1) is 0 Å². The number of nitrogens with one attached hydrogen (secondary N) is 1. The van der Waals surface area contributed by atoms with Crippen LogP contribution in [0.25, 0.3) is 0 Å². The molecule has 1 N–H and O–H groups in total. The summed E-state index contributed by atoms with van der Waals surface area (Å²) in [5.41, 5.74) is 0. The SMILES string of the molecule is CCCNc1cc(N(C)C2CCN(C)CC2)nc(SC)n1. The summed E-state index contributed by atoms with van der Waals surface area (Å²) in [4.78, 5) is 13.9. The normalized spacial score (nSPS) is 17.0. The molecule has 0 aromatic carbocycles. The minimum atomic E-state index is 0.574. The number of aromatic nitrogens is 2. The highest BCUT2D eigenvalue weighted by atomic mass is 32.2. The molecule has 1 fully saturated rings. The van der Waals surface area contributed by atoms with Gasteiger partial charge in [0, 0.05) is 25.7 Å². The summed E-state index contributed by atoms with van der Waals surface area (Å²) in [5, 5.41) is 4.21. The lowest BCUT2D eigenvalue weighted by molar-refractivity contribution is 0.252. The van der Waals surface area contributed by atoms with Gasteiger partial charge in [0.1, 0.15) is 11.6 Å². The number of hydrogen-bond acceptors (Lipinski definition) is 6. The number of rotatable bonds is 6. The lowest BCUT2D eigenvalue weighted by atomic mass is 10.0. The van der Waals surface area contributed by atoms with Crippen molar-refractivity contribution in [3.05, 3.63) is 6.07 Å². The minimum Gasteiger partial charge on any atom is -0.370 e. The third kappa shape index (κ3) is 4.48. The molecule has 2 heterocycles.